The quantitative estimate of drug-likeness (QED) is 0.567. The third-order valence-electron chi connectivity index (χ3n) is 3.45. The molecule has 0 spiro atoms. The SMILES string of the molecule is O=C(O)c1ccc(C(=O)O)cc1.O=C(O)c1ccc2cc(O)ccc2c1. The van der Waals surface area contributed by atoms with E-state index in [1.165, 1.54) is 36.4 Å². The first-order valence-corrected chi connectivity index (χ1v) is 7.30. The van der Waals surface area contributed by atoms with Gasteiger partial charge < -0.3 is 20.4 Å². The molecule has 132 valence electrons. The van der Waals surface area contributed by atoms with E-state index in [1.54, 1.807) is 24.3 Å². The summed E-state index contributed by atoms with van der Waals surface area (Å²) >= 11 is 0. The van der Waals surface area contributed by atoms with Crippen molar-refractivity contribution in [2.24, 2.45) is 0 Å². The van der Waals surface area contributed by atoms with Crippen LogP contribution in [0.1, 0.15) is 31.1 Å². The van der Waals surface area contributed by atoms with Gasteiger partial charge in [-0.05, 0) is 59.3 Å². The van der Waals surface area contributed by atoms with Crippen LogP contribution in [0.25, 0.3) is 10.8 Å². The normalized spacial score (nSPS) is 9.85. The van der Waals surface area contributed by atoms with Crippen LogP contribution in [0.2, 0.25) is 0 Å². The highest BCUT2D eigenvalue weighted by molar-refractivity contribution is 5.94. The number of phenols is 1. The maximum absolute atomic E-state index is 10.7. The Kier molecular flexibility index (Phi) is 5.54. The minimum Gasteiger partial charge on any atom is -0.508 e. The molecule has 0 radical (unpaired) electrons. The van der Waals surface area contributed by atoms with Gasteiger partial charge in [-0.15, -0.1) is 0 Å². The number of carboxylic acids is 3. The molecule has 7 nitrogen and oxygen atoms in total. The lowest BCUT2D eigenvalue weighted by molar-refractivity contribution is 0.0681. The molecule has 0 atom stereocenters. The van der Waals surface area contributed by atoms with Gasteiger partial charge in [0.05, 0.1) is 16.7 Å². The van der Waals surface area contributed by atoms with Crippen molar-refractivity contribution < 1.29 is 34.8 Å². The molecule has 7 heteroatoms. The molecule has 0 unspecified atom stereocenters. The average molecular weight is 354 g/mol. The van der Waals surface area contributed by atoms with Crippen molar-refractivity contribution in [2.45, 2.75) is 0 Å². The van der Waals surface area contributed by atoms with Crippen LogP contribution < -0.4 is 0 Å². The highest BCUT2D eigenvalue weighted by Crippen LogP contribution is 2.20. The van der Waals surface area contributed by atoms with Gasteiger partial charge >= 0.3 is 17.9 Å². The molecule has 4 N–H and O–H groups in total. The molecule has 0 bridgehead atoms. The number of hydrogen-bond donors (Lipinski definition) is 4. The second-order valence-corrected chi connectivity index (χ2v) is 5.24. The van der Waals surface area contributed by atoms with E-state index in [1.807, 2.05) is 0 Å². The first-order chi connectivity index (χ1) is 12.3. The molecule has 26 heavy (non-hydrogen) atoms. The number of fused-ring (bicyclic) bond motifs is 1. The van der Waals surface area contributed by atoms with E-state index in [9.17, 15) is 19.5 Å². The Bertz CT molecular complexity index is 942. The Morgan fingerprint density at radius 1 is 0.538 bits per heavy atom. The van der Waals surface area contributed by atoms with Crippen LogP contribution >= 0.6 is 0 Å². The zero-order chi connectivity index (χ0) is 19.3. The van der Waals surface area contributed by atoms with Crippen molar-refractivity contribution in [2.75, 3.05) is 0 Å². The lowest BCUT2D eigenvalue weighted by Crippen LogP contribution is -1.99. The van der Waals surface area contributed by atoms with Crippen molar-refractivity contribution in [3.8, 4) is 5.75 Å². The fraction of sp³-hybridized carbons (Fsp3) is 0. The van der Waals surface area contributed by atoms with Gasteiger partial charge in [-0.25, -0.2) is 14.4 Å². The molecule has 0 aliphatic rings. The molecule has 3 aromatic carbocycles. The second-order valence-electron chi connectivity index (χ2n) is 5.24. The summed E-state index contributed by atoms with van der Waals surface area (Å²) in [6.07, 6.45) is 0. The van der Waals surface area contributed by atoms with Crippen molar-refractivity contribution in [1.82, 2.24) is 0 Å². The zero-order valence-electron chi connectivity index (χ0n) is 13.3. The molecule has 0 fully saturated rings. The summed E-state index contributed by atoms with van der Waals surface area (Å²) < 4.78 is 0. The van der Waals surface area contributed by atoms with E-state index in [-0.39, 0.29) is 22.4 Å². The van der Waals surface area contributed by atoms with Gasteiger partial charge in [0.15, 0.2) is 0 Å². The van der Waals surface area contributed by atoms with E-state index in [4.69, 9.17) is 15.3 Å². The number of aromatic hydroxyl groups is 1. The molecule has 0 aromatic heterocycles. The van der Waals surface area contributed by atoms with E-state index < -0.39 is 17.9 Å². The van der Waals surface area contributed by atoms with E-state index >= 15 is 0 Å². The summed E-state index contributed by atoms with van der Waals surface area (Å²) in [6.45, 7) is 0. The summed E-state index contributed by atoms with van der Waals surface area (Å²) in [6, 6.07) is 14.6. The molecule has 0 aliphatic carbocycles. The molecule has 0 heterocycles. The monoisotopic (exact) mass is 354 g/mol. The number of benzene rings is 3. The smallest absolute Gasteiger partial charge is 0.335 e. The lowest BCUT2D eigenvalue weighted by Gasteiger charge is -2.00. The second kappa shape index (κ2) is 7.80. The minimum atomic E-state index is -1.06. The van der Waals surface area contributed by atoms with Crippen LogP contribution in [0.4, 0.5) is 0 Å². The molecule has 0 aliphatic heterocycles. The third kappa shape index (κ3) is 4.57. The van der Waals surface area contributed by atoms with Gasteiger partial charge in [0.2, 0.25) is 0 Å². The summed E-state index contributed by atoms with van der Waals surface area (Å²) in [7, 11) is 0. The molecule has 0 saturated heterocycles. The van der Waals surface area contributed by atoms with Gasteiger partial charge in [-0.2, -0.15) is 0 Å². The molecule has 0 amide bonds. The Hall–Kier alpha value is -3.87. The first-order valence-electron chi connectivity index (χ1n) is 7.30. The minimum absolute atomic E-state index is 0.0833. The summed E-state index contributed by atoms with van der Waals surface area (Å²) in [5, 5.41) is 36.5. The van der Waals surface area contributed by atoms with Crippen LogP contribution in [-0.4, -0.2) is 38.3 Å². The van der Waals surface area contributed by atoms with Gasteiger partial charge in [0.1, 0.15) is 5.75 Å². The van der Waals surface area contributed by atoms with Gasteiger partial charge in [0.25, 0.3) is 0 Å². The first kappa shape index (κ1) is 18.5. The van der Waals surface area contributed by atoms with Crippen LogP contribution in [0, 0.1) is 0 Å². The van der Waals surface area contributed by atoms with Crippen LogP contribution in [0.15, 0.2) is 60.7 Å². The van der Waals surface area contributed by atoms with Crippen molar-refractivity contribution in [3.05, 3.63) is 77.4 Å². The Balaban J connectivity index is 0.000000190. The Morgan fingerprint density at radius 3 is 1.38 bits per heavy atom. The number of carboxylic acid groups (broad SMARTS) is 3. The number of carbonyl (C=O) groups is 3. The molecular formula is C19H14O7. The largest absolute Gasteiger partial charge is 0.508 e. The fourth-order valence-corrected chi connectivity index (χ4v) is 2.12. The molecule has 3 rings (SSSR count). The van der Waals surface area contributed by atoms with E-state index in [0.717, 1.165) is 10.8 Å². The number of hydrogen-bond acceptors (Lipinski definition) is 4. The Labute approximate surface area is 147 Å². The van der Waals surface area contributed by atoms with Crippen LogP contribution in [-0.2, 0) is 0 Å². The van der Waals surface area contributed by atoms with Crippen LogP contribution in [0.3, 0.4) is 0 Å². The number of rotatable bonds is 3. The van der Waals surface area contributed by atoms with E-state index in [2.05, 4.69) is 0 Å². The number of aromatic carboxylic acids is 3. The average Bonchev–Trinajstić information content (AvgIpc) is 2.61. The van der Waals surface area contributed by atoms with Gasteiger partial charge in [-0.1, -0.05) is 12.1 Å². The Morgan fingerprint density at radius 2 is 0.923 bits per heavy atom. The molecule has 0 saturated carbocycles. The highest BCUT2D eigenvalue weighted by atomic mass is 16.4. The maximum Gasteiger partial charge on any atom is 0.335 e. The van der Waals surface area contributed by atoms with Gasteiger partial charge in [-0.3, -0.25) is 0 Å². The fourth-order valence-electron chi connectivity index (χ4n) is 2.12. The predicted molar refractivity (Wildman–Crippen MR) is 92.9 cm³/mol. The summed E-state index contributed by atoms with van der Waals surface area (Å²) in [5.74, 6) is -2.89. The zero-order valence-corrected chi connectivity index (χ0v) is 13.3. The molecule has 3 aromatic rings. The van der Waals surface area contributed by atoms with Crippen molar-refractivity contribution in [3.63, 3.8) is 0 Å². The lowest BCUT2D eigenvalue weighted by atomic mass is 10.1. The molecular weight excluding hydrogens is 340 g/mol. The van der Waals surface area contributed by atoms with Crippen molar-refractivity contribution >= 4 is 28.7 Å². The summed E-state index contributed by atoms with van der Waals surface area (Å²) in [5.41, 5.74) is 0.420. The van der Waals surface area contributed by atoms with Crippen molar-refractivity contribution in [1.29, 1.82) is 0 Å². The third-order valence-corrected chi connectivity index (χ3v) is 3.45. The predicted octanol–water partition coefficient (Wildman–Crippen LogP) is 3.33. The summed E-state index contributed by atoms with van der Waals surface area (Å²) in [4.78, 5) is 31.3. The van der Waals surface area contributed by atoms with E-state index in [0.29, 0.717) is 0 Å². The topological polar surface area (TPSA) is 132 Å². The van der Waals surface area contributed by atoms with Crippen LogP contribution in [0.5, 0.6) is 5.75 Å². The maximum atomic E-state index is 10.7. The standard InChI is InChI=1S/C11H8O3.C8H6O4/c12-10-4-3-7-5-9(11(13)14)2-1-8(7)6-10;9-7(10)5-1-2-6(4-3-5)8(11)12/h1-6,12H,(H,13,14);1-4H,(H,9,10)(H,11,12). The van der Waals surface area contributed by atoms with Gasteiger partial charge in [0, 0.05) is 0 Å². The highest BCUT2D eigenvalue weighted by Gasteiger charge is 2.05. The number of phenolic OH excluding ortho intramolecular Hbond substituents is 1.